The second-order valence-corrected chi connectivity index (χ2v) is 3.34. The Labute approximate surface area is 96.0 Å². The number of methoxy groups -OCH3 is 1. The molecule has 0 amide bonds. The average molecular weight is 243 g/mol. The minimum absolute atomic E-state index is 0.0217. The Morgan fingerprint density at radius 3 is 2.62 bits per heavy atom. The summed E-state index contributed by atoms with van der Waals surface area (Å²) in [5, 5.41) is 8.70. The summed E-state index contributed by atoms with van der Waals surface area (Å²) in [7, 11) is 1.16. The highest BCUT2D eigenvalue weighted by molar-refractivity contribution is 7.80. The number of hydrogen-bond acceptors (Lipinski definition) is 4. The van der Waals surface area contributed by atoms with Crippen LogP contribution in [-0.2, 0) is 4.74 Å². The van der Waals surface area contributed by atoms with Crippen LogP contribution in [0.2, 0.25) is 0 Å². The summed E-state index contributed by atoms with van der Waals surface area (Å²) in [6.07, 6.45) is -2.81. The smallest absolute Gasteiger partial charge is 0.337 e. The first kappa shape index (κ1) is 12.5. The van der Waals surface area contributed by atoms with Crippen molar-refractivity contribution in [2.24, 2.45) is 0 Å². The van der Waals surface area contributed by atoms with Crippen molar-refractivity contribution in [3.8, 4) is 6.07 Å². The molecule has 0 aliphatic carbocycles. The van der Waals surface area contributed by atoms with Crippen LogP contribution in [0, 0.1) is 11.3 Å². The lowest BCUT2D eigenvalue weighted by Gasteiger charge is -2.08. The maximum Gasteiger partial charge on any atom is 0.337 e. The van der Waals surface area contributed by atoms with E-state index in [0.717, 1.165) is 19.2 Å². The summed E-state index contributed by atoms with van der Waals surface area (Å²) in [5.41, 5.74) is -0.727. The third kappa shape index (κ3) is 2.31. The van der Waals surface area contributed by atoms with Gasteiger partial charge in [-0.15, -0.1) is 12.6 Å². The minimum atomic E-state index is -2.81. The van der Waals surface area contributed by atoms with E-state index in [-0.39, 0.29) is 16.0 Å². The van der Waals surface area contributed by atoms with Gasteiger partial charge in [-0.25, -0.2) is 13.6 Å². The fourth-order valence-electron chi connectivity index (χ4n) is 1.20. The van der Waals surface area contributed by atoms with Crippen LogP contribution in [0.4, 0.5) is 8.78 Å². The van der Waals surface area contributed by atoms with Gasteiger partial charge >= 0.3 is 5.97 Å². The van der Waals surface area contributed by atoms with Crippen LogP contribution < -0.4 is 0 Å². The Balaban J connectivity index is 3.39. The monoisotopic (exact) mass is 243 g/mol. The van der Waals surface area contributed by atoms with Gasteiger partial charge in [0.2, 0.25) is 0 Å². The lowest BCUT2D eigenvalue weighted by molar-refractivity contribution is 0.0600. The molecule has 0 bridgehead atoms. The molecule has 84 valence electrons. The van der Waals surface area contributed by atoms with Gasteiger partial charge in [-0.2, -0.15) is 5.26 Å². The molecule has 0 aliphatic heterocycles. The maximum absolute atomic E-state index is 12.6. The summed E-state index contributed by atoms with van der Waals surface area (Å²) in [5.74, 6) is -0.701. The van der Waals surface area contributed by atoms with Crippen LogP contribution in [0.25, 0.3) is 0 Å². The molecule has 0 fully saturated rings. The predicted octanol–water partition coefficient (Wildman–Crippen LogP) is 2.57. The molecule has 16 heavy (non-hydrogen) atoms. The Morgan fingerprint density at radius 1 is 1.56 bits per heavy atom. The molecule has 0 saturated heterocycles. The number of esters is 1. The SMILES string of the molecule is COC(=O)c1cc(S)c(C(F)F)c(C#N)c1. The summed E-state index contributed by atoms with van der Waals surface area (Å²) >= 11 is 3.83. The molecule has 0 aliphatic rings. The van der Waals surface area contributed by atoms with Crippen molar-refractivity contribution >= 4 is 18.6 Å². The quantitative estimate of drug-likeness (QED) is 0.641. The lowest BCUT2D eigenvalue weighted by atomic mass is 10.0. The first-order valence-electron chi connectivity index (χ1n) is 4.14. The molecule has 1 aromatic carbocycles. The molecule has 0 heterocycles. The highest BCUT2D eigenvalue weighted by Crippen LogP contribution is 2.30. The van der Waals surface area contributed by atoms with Gasteiger partial charge in [-0.05, 0) is 12.1 Å². The summed E-state index contributed by atoms with van der Waals surface area (Å²) < 4.78 is 29.6. The van der Waals surface area contributed by atoms with E-state index in [0.29, 0.717) is 0 Å². The fourth-order valence-corrected chi connectivity index (χ4v) is 1.55. The Morgan fingerprint density at radius 2 is 2.19 bits per heavy atom. The van der Waals surface area contributed by atoms with Gasteiger partial charge < -0.3 is 4.74 Å². The van der Waals surface area contributed by atoms with Crippen molar-refractivity contribution in [1.29, 1.82) is 5.26 Å². The van der Waals surface area contributed by atoms with E-state index >= 15 is 0 Å². The number of nitriles is 1. The number of benzene rings is 1. The average Bonchev–Trinajstić information content (AvgIpc) is 2.26. The molecule has 6 heteroatoms. The van der Waals surface area contributed by atoms with Crippen molar-refractivity contribution < 1.29 is 18.3 Å². The van der Waals surface area contributed by atoms with Gasteiger partial charge in [0.25, 0.3) is 6.43 Å². The van der Waals surface area contributed by atoms with Gasteiger partial charge in [-0.1, -0.05) is 0 Å². The second-order valence-electron chi connectivity index (χ2n) is 2.86. The molecule has 0 unspecified atom stereocenters. The van der Waals surface area contributed by atoms with Crippen LogP contribution in [-0.4, -0.2) is 13.1 Å². The molecule has 0 saturated carbocycles. The van der Waals surface area contributed by atoms with E-state index in [4.69, 9.17) is 5.26 Å². The first-order valence-corrected chi connectivity index (χ1v) is 4.59. The van der Waals surface area contributed by atoms with E-state index < -0.39 is 18.0 Å². The normalized spacial score (nSPS) is 10.0. The van der Waals surface area contributed by atoms with Crippen LogP contribution in [0.3, 0.4) is 0 Å². The number of nitrogens with zero attached hydrogens (tertiary/aromatic N) is 1. The zero-order valence-electron chi connectivity index (χ0n) is 8.20. The number of ether oxygens (including phenoxy) is 1. The Bertz CT molecular complexity index is 469. The highest BCUT2D eigenvalue weighted by atomic mass is 32.1. The van der Waals surface area contributed by atoms with Gasteiger partial charge in [-0.3, -0.25) is 0 Å². The number of hydrogen-bond donors (Lipinski definition) is 1. The predicted molar refractivity (Wildman–Crippen MR) is 54.7 cm³/mol. The zero-order chi connectivity index (χ0) is 12.3. The molecule has 0 aromatic heterocycles. The van der Waals surface area contributed by atoms with Crippen molar-refractivity contribution in [3.63, 3.8) is 0 Å². The molecule has 1 rings (SSSR count). The number of thiol groups is 1. The van der Waals surface area contributed by atoms with Gasteiger partial charge in [0.1, 0.15) is 0 Å². The van der Waals surface area contributed by atoms with Crippen LogP contribution in [0.5, 0.6) is 0 Å². The van der Waals surface area contributed by atoms with E-state index in [1.165, 1.54) is 0 Å². The van der Waals surface area contributed by atoms with E-state index in [9.17, 15) is 13.6 Å². The molecule has 3 nitrogen and oxygen atoms in total. The number of alkyl halides is 2. The highest BCUT2D eigenvalue weighted by Gasteiger charge is 2.19. The van der Waals surface area contributed by atoms with Crippen molar-refractivity contribution in [3.05, 3.63) is 28.8 Å². The Hall–Kier alpha value is -1.61. The lowest BCUT2D eigenvalue weighted by Crippen LogP contribution is -2.04. The van der Waals surface area contributed by atoms with Crippen LogP contribution in [0.1, 0.15) is 27.9 Å². The largest absolute Gasteiger partial charge is 0.465 e. The van der Waals surface area contributed by atoms with Crippen molar-refractivity contribution in [1.82, 2.24) is 0 Å². The number of carbonyl (C=O) groups is 1. The molecule has 0 spiro atoms. The third-order valence-corrected chi connectivity index (χ3v) is 2.29. The van der Waals surface area contributed by atoms with Crippen molar-refractivity contribution in [2.75, 3.05) is 7.11 Å². The number of halogens is 2. The summed E-state index contributed by atoms with van der Waals surface area (Å²) in [6.45, 7) is 0. The molecule has 0 radical (unpaired) electrons. The second kappa shape index (κ2) is 4.94. The zero-order valence-corrected chi connectivity index (χ0v) is 9.09. The number of rotatable bonds is 2. The van der Waals surface area contributed by atoms with E-state index in [1.807, 2.05) is 0 Å². The van der Waals surface area contributed by atoms with Crippen LogP contribution >= 0.6 is 12.6 Å². The van der Waals surface area contributed by atoms with Crippen LogP contribution in [0.15, 0.2) is 17.0 Å². The molecule has 1 aromatic rings. The molecular weight excluding hydrogens is 236 g/mol. The van der Waals surface area contributed by atoms with Gasteiger partial charge in [0.15, 0.2) is 0 Å². The fraction of sp³-hybridized carbons (Fsp3) is 0.200. The standard InChI is InChI=1S/C10H7F2NO2S/c1-15-10(14)5-2-6(4-13)8(9(11)12)7(16)3-5/h2-3,9,16H,1H3. The minimum Gasteiger partial charge on any atom is -0.465 e. The summed E-state index contributed by atoms with van der Waals surface area (Å²) in [6, 6.07) is 3.81. The summed E-state index contributed by atoms with van der Waals surface area (Å²) in [4.78, 5) is 11.1. The van der Waals surface area contributed by atoms with E-state index in [1.54, 1.807) is 6.07 Å². The van der Waals surface area contributed by atoms with E-state index in [2.05, 4.69) is 17.4 Å². The van der Waals surface area contributed by atoms with Gasteiger partial charge in [0.05, 0.1) is 24.3 Å². The maximum atomic E-state index is 12.6. The number of carbonyl (C=O) groups excluding carboxylic acids is 1. The molecule has 0 N–H and O–H groups in total. The molecular formula is C10H7F2NO2S. The van der Waals surface area contributed by atoms with Gasteiger partial charge in [0, 0.05) is 10.5 Å². The topological polar surface area (TPSA) is 50.1 Å². The van der Waals surface area contributed by atoms with Crippen molar-refractivity contribution in [2.45, 2.75) is 11.3 Å². The molecule has 0 atom stereocenters. The third-order valence-electron chi connectivity index (χ3n) is 1.92. The Kier molecular flexibility index (Phi) is 3.85. The first-order chi connectivity index (χ1) is 7.51.